The van der Waals surface area contributed by atoms with E-state index in [0.717, 1.165) is 5.56 Å². The van der Waals surface area contributed by atoms with Gasteiger partial charge in [-0.3, -0.25) is 4.79 Å². The normalized spacial score (nSPS) is 10.6. The molecule has 5 nitrogen and oxygen atoms in total. The standard InChI is InChI=1S/C15H18N4O/c1-10(2)12-5-3-11(4-6-12)9-17-14-8-7-13(15(16)20)18-19-14/h3-8,10H,9H2,1-2H3,(H2,16,20)(H,17,19). The number of amides is 1. The second-order valence-electron chi connectivity index (χ2n) is 4.92. The van der Waals surface area contributed by atoms with Gasteiger partial charge in [0.2, 0.25) is 0 Å². The SMILES string of the molecule is CC(C)c1ccc(CNc2ccc(C(N)=O)nn2)cc1. The van der Waals surface area contributed by atoms with E-state index in [1.165, 1.54) is 5.56 Å². The minimum Gasteiger partial charge on any atom is -0.365 e. The number of primary amides is 1. The summed E-state index contributed by atoms with van der Waals surface area (Å²) < 4.78 is 0. The number of hydrogen-bond donors (Lipinski definition) is 2. The number of nitrogens with two attached hydrogens (primary N) is 1. The van der Waals surface area contributed by atoms with E-state index in [4.69, 9.17) is 5.73 Å². The van der Waals surface area contributed by atoms with Gasteiger partial charge in [-0.1, -0.05) is 38.1 Å². The van der Waals surface area contributed by atoms with Crippen LogP contribution in [0.2, 0.25) is 0 Å². The number of nitrogens with one attached hydrogen (secondary N) is 1. The van der Waals surface area contributed by atoms with Gasteiger partial charge in [0.1, 0.15) is 5.82 Å². The molecule has 0 aliphatic rings. The molecule has 104 valence electrons. The summed E-state index contributed by atoms with van der Waals surface area (Å²) in [5, 5.41) is 10.8. The lowest BCUT2D eigenvalue weighted by Crippen LogP contribution is -2.14. The molecule has 0 bridgehead atoms. The van der Waals surface area contributed by atoms with Crippen LogP contribution in [0.3, 0.4) is 0 Å². The van der Waals surface area contributed by atoms with Crippen molar-refractivity contribution in [1.82, 2.24) is 10.2 Å². The first kappa shape index (κ1) is 14.0. The molecule has 0 saturated carbocycles. The lowest BCUT2D eigenvalue weighted by Gasteiger charge is -2.08. The fraction of sp³-hybridized carbons (Fsp3) is 0.267. The quantitative estimate of drug-likeness (QED) is 0.873. The van der Waals surface area contributed by atoms with Crippen LogP contribution in [-0.2, 0) is 6.54 Å². The van der Waals surface area contributed by atoms with Crippen molar-refractivity contribution in [3.05, 3.63) is 53.2 Å². The molecule has 3 N–H and O–H groups in total. The van der Waals surface area contributed by atoms with Crippen LogP contribution < -0.4 is 11.1 Å². The van der Waals surface area contributed by atoms with Crippen molar-refractivity contribution in [2.24, 2.45) is 5.73 Å². The number of carbonyl (C=O) groups is 1. The first-order chi connectivity index (χ1) is 9.56. The summed E-state index contributed by atoms with van der Waals surface area (Å²) >= 11 is 0. The van der Waals surface area contributed by atoms with E-state index >= 15 is 0 Å². The van der Waals surface area contributed by atoms with E-state index in [1.807, 2.05) is 0 Å². The predicted octanol–water partition coefficient (Wildman–Crippen LogP) is 2.31. The number of nitrogens with zero attached hydrogens (tertiary/aromatic N) is 2. The van der Waals surface area contributed by atoms with Crippen LogP contribution in [0.25, 0.3) is 0 Å². The van der Waals surface area contributed by atoms with Crippen LogP contribution in [0.15, 0.2) is 36.4 Å². The Bertz CT molecular complexity index is 576. The summed E-state index contributed by atoms with van der Waals surface area (Å²) in [5.74, 6) is 0.570. The third kappa shape index (κ3) is 3.54. The molecule has 1 aromatic carbocycles. The summed E-state index contributed by atoms with van der Waals surface area (Å²) in [6.45, 7) is 5.00. The predicted molar refractivity (Wildman–Crippen MR) is 78.4 cm³/mol. The van der Waals surface area contributed by atoms with Crippen LogP contribution in [0.1, 0.15) is 41.4 Å². The van der Waals surface area contributed by atoms with E-state index in [2.05, 4.69) is 53.6 Å². The van der Waals surface area contributed by atoms with Crippen molar-refractivity contribution in [2.45, 2.75) is 26.3 Å². The smallest absolute Gasteiger partial charge is 0.269 e. The van der Waals surface area contributed by atoms with E-state index in [-0.39, 0.29) is 5.69 Å². The van der Waals surface area contributed by atoms with Gasteiger partial charge in [-0.25, -0.2) is 0 Å². The zero-order chi connectivity index (χ0) is 14.5. The van der Waals surface area contributed by atoms with Gasteiger partial charge in [-0.2, -0.15) is 0 Å². The molecule has 0 atom stereocenters. The molecule has 1 heterocycles. The topological polar surface area (TPSA) is 80.9 Å². The molecule has 0 aliphatic heterocycles. The van der Waals surface area contributed by atoms with Crippen molar-refractivity contribution in [2.75, 3.05) is 5.32 Å². The highest BCUT2D eigenvalue weighted by molar-refractivity contribution is 5.90. The Labute approximate surface area is 118 Å². The van der Waals surface area contributed by atoms with Crippen molar-refractivity contribution < 1.29 is 4.79 Å². The molecular formula is C15H18N4O. The highest BCUT2D eigenvalue weighted by Gasteiger charge is 2.03. The average Bonchev–Trinajstić information content (AvgIpc) is 2.46. The Kier molecular flexibility index (Phi) is 4.30. The molecule has 5 heteroatoms. The molecule has 0 unspecified atom stereocenters. The van der Waals surface area contributed by atoms with Crippen LogP contribution in [0, 0.1) is 0 Å². The highest BCUT2D eigenvalue weighted by atomic mass is 16.1. The number of aromatic nitrogens is 2. The lowest BCUT2D eigenvalue weighted by molar-refractivity contribution is 0.0994. The van der Waals surface area contributed by atoms with E-state index in [9.17, 15) is 4.79 Å². The summed E-state index contributed by atoms with van der Waals surface area (Å²) in [4.78, 5) is 10.9. The zero-order valence-corrected chi connectivity index (χ0v) is 11.6. The zero-order valence-electron chi connectivity index (χ0n) is 11.6. The minimum absolute atomic E-state index is 0.164. The monoisotopic (exact) mass is 270 g/mol. The number of rotatable bonds is 5. The fourth-order valence-corrected chi connectivity index (χ4v) is 1.77. The molecule has 1 amide bonds. The lowest BCUT2D eigenvalue weighted by atomic mass is 10.0. The van der Waals surface area contributed by atoms with Crippen LogP contribution in [-0.4, -0.2) is 16.1 Å². The molecule has 20 heavy (non-hydrogen) atoms. The van der Waals surface area contributed by atoms with Crippen LogP contribution in [0.4, 0.5) is 5.82 Å². The third-order valence-electron chi connectivity index (χ3n) is 3.04. The number of carbonyl (C=O) groups excluding carboxylic acids is 1. The number of anilines is 1. The molecule has 2 rings (SSSR count). The third-order valence-corrected chi connectivity index (χ3v) is 3.04. The molecule has 0 aliphatic carbocycles. The van der Waals surface area contributed by atoms with E-state index in [1.54, 1.807) is 12.1 Å². The molecule has 0 saturated heterocycles. The second kappa shape index (κ2) is 6.14. The van der Waals surface area contributed by atoms with Gasteiger partial charge in [-0.05, 0) is 29.2 Å². The molecule has 2 aromatic rings. The molecular weight excluding hydrogens is 252 g/mol. The van der Waals surface area contributed by atoms with Gasteiger partial charge in [0.25, 0.3) is 5.91 Å². The number of hydrogen-bond acceptors (Lipinski definition) is 4. The molecule has 0 radical (unpaired) electrons. The highest BCUT2D eigenvalue weighted by Crippen LogP contribution is 2.15. The Morgan fingerprint density at radius 2 is 1.85 bits per heavy atom. The maximum Gasteiger partial charge on any atom is 0.269 e. The van der Waals surface area contributed by atoms with E-state index < -0.39 is 5.91 Å². The summed E-state index contributed by atoms with van der Waals surface area (Å²) in [6, 6.07) is 11.7. The summed E-state index contributed by atoms with van der Waals surface area (Å²) in [6.07, 6.45) is 0. The minimum atomic E-state index is -0.576. The van der Waals surface area contributed by atoms with Gasteiger partial charge in [0.15, 0.2) is 5.69 Å². The maximum atomic E-state index is 10.9. The van der Waals surface area contributed by atoms with Crippen molar-refractivity contribution in [3.8, 4) is 0 Å². The largest absolute Gasteiger partial charge is 0.365 e. The fourth-order valence-electron chi connectivity index (χ4n) is 1.77. The van der Waals surface area contributed by atoms with Crippen LogP contribution in [0.5, 0.6) is 0 Å². The Morgan fingerprint density at radius 3 is 2.35 bits per heavy atom. The van der Waals surface area contributed by atoms with Crippen molar-refractivity contribution >= 4 is 11.7 Å². The summed E-state index contributed by atoms with van der Waals surface area (Å²) in [7, 11) is 0. The summed E-state index contributed by atoms with van der Waals surface area (Å²) in [5.41, 5.74) is 7.75. The Hall–Kier alpha value is -2.43. The molecule has 0 spiro atoms. The average molecular weight is 270 g/mol. The van der Waals surface area contributed by atoms with Gasteiger partial charge in [-0.15, -0.1) is 10.2 Å². The first-order valence-corrected chi connectivity index (χ1v) is 6.52. The van der Waals surface area contributed by atoms with Gasteiger partial charge >= 0.3 is 0 Å². The Balaban J connectivity index is 1.96. The maximum absolute atomic E-state index is 10.9. The first-order valence-electron chi connectivity index (χ1n) is 6.52. The van der Waals surface area contributed by atoms with Crippen molar-refractivity contribution in [1.29, 1.82) is 0 Å². The Morgan fingerprint density at radius 1 is 1.15 bits per heavy atom. The van der Waals surface area contributed by atoms with Crippen molar-refractivity contribution in [3.63, 3.8) is 0 Å². The van der Waals surface area contributed by atoms with Crippen LogP contribution >= 0.6 is 0 Å². The van der Waals surface area contributed by atoms with E-state index in [0.29, 0.717) is 18.3 Å². The number of benzene rings is 1. The molecule has 0 fully saturated rings. The molecule has 1 aromatic heterocycles. The second-order valence-corrected chi connectivity index (χ2v) is 4.92. The van der Waals surface area contributed by atoms with Gasteiger partial charge < -0.3 is 11.1 Å². The van der Waals surface area contributed by atoms with Gasteiger partial charge in [0.05, 0.1) is 0 Å². The van der Waals surface area contributed by atoms with Gasteiger partial charge in [0, 0.05) is 6.54 Å².